The number of rotatable bonds is 5. The molecule has 0 saturated heterocycles. The molecule has 2 aliphatic rings. The maximum absolute atomic E-state index is 14.3. The van der Waals surface area contributed by atoms with Gasteiger partial charge in [0.1, 0.15) is 33.0 Å². The number of ether oxygens (including phenoxy) is 1. The first kappa shape index (κ1) is 23.4. The van der Waals surface area contributed by atoms with Gasteiger partial charge in [0.15, 0.2) is 0 Å². The Balaban J connectivity index is 1.45. The van der Waals surface area contributed by atoms with E-state index in [1.165, 1.54) is 25.3 Å². The molecule has 5 rings (SSSR count). The van der Waals surface area contributed by atoms with Crippen LogP contribution in [-0.2, 0) is 12.7 Å². The second kappa shape index (κ2) is 9.00. The van der Waals surface area contributed by atoms with Crippen LogP contribution in [0.15, 0.2) is 59.5 Å². The second-order valence-electron chi connectivity index (χ2n) is 7.44. The number of methoxy groups -OCH3 is 1. The first-order valence-electron chi connectivity index (χ1n) is 10.1. The van der Waals surface area contributed by atoms with E-state index in [-0.39, 0.29) is 22.9 Å². The van der Waals surface area contributed by atoms with Crippen LogP contribution in [0, 0.1) is 5.82 Å². The van der Waals surface area contributed by atoms with Gasteiger partial charge in [-0.25, -0.2) is 14.4 Å². The van der Waals surface area contributed by atoms with Gasteiger partial charge in [-0.1, -0.05) is 23.5 Å². The zero-order valence-corrected chi connectivity index (χ0v) is 20.2. The van der Waals surface area contributed by atoms with Crippen molar-refractivity contribution in [1.82, 2.24) is 24.7 Å². The van der Waals surface area contributed by atoms with Gasteiger partial charge >= 0.3 is 6.18 Å². The average molecular weight is 564 g/mol. The highest BCUT2D eigenvalue weighted by atomic mass is 79.9. The Kier molecular flexibility index (Phi) is 6.01. The van der Waals surface area contributed by atoms with Crippen molar-refractivity contribution in [3.63, 3.8) is 0 Å². The van der Waals surface area contributed by atoms with E-state index in [0.29, 0.717) is 32.1 Å². The van der Waals surface area contributed by atoms with E-state index in [1.807, 2.05) is 0 Å². The van der Waals surface area contributed by atoms with E-state index in [2.05, 4.69) is 36.1 Å². The first-order valence-corrected chi connectivity index (χ1v) is 11.7. The Bertz CT molecular complexity index is 1500. The summed E-state index contributed by atoms with van der Waals surface area (Å²) < 4.78 is 62.2. The van der Waals surface area contributed by atoms with Gasteiger partial charge in [-0.2, -0.15) is 13.2 Å². The quantitative estimate of drug-likeness (QED) is 0.227. The molecule has 1 aromatic heterocycles. The van der Waals surface area contributed by atoms with Gasteiger partial charge in [-0.05, 0) is 46.3 Å². The number of hydrogen-bond acceptors (Lipinski definition) is 6. The summed E-state index contributed by atoms with van der Waals surface area (Å²) >= 11 is 4.50. The number of alkyl halides is 3. The van der Waals surface area contributed by atoms with Crippen molar-refractivity contribution >= 4 is 27.3 Å². The van der Waals surface area contributed by atoms with Crippen molar-refractivity contribution in [3.05, 3.63) is 75.8 Å². The molecule has 0 spiro atoms. The molecule has 0 bridgehead atoms. The second-order valence-corrected chi connectivity index (χ2v) is 9.30. The maximum Gasteiger partial charge on any atom is 0.417 e. The largest absolute Gasteiger partial charge is 0.497 e. The van der Waals surface area contributed by atoms with Crippen molar-refractivity contribution in [1.29, 1.82) is 0 Å². The number of halogens is 5. The summed E-state index contributed by atoms with van der Waals surface area (Å²) in [5.74, 6) is -0.300. The Morgan fingerprint density at radius 3 is 2.60 bits per heavy atom. The Hall–Kier alpha value is -3.38. The van der Waals surface area contributed by atoms with Gasteiger partial charge in [-0.15, -0.1) is 10.2 Å². The minimum absolute atomic E-state index is 0.0724. The van der Waals surface area contributed by atoms with Crippen LogP contribution in [0.5, 0.6) is 5.75 Å². The predicted molar refractivity (Wildman–Crippen MR) is 126 cm³/mol. The van der Waals surface area contributed by atoms with E-state index < -0.39 is 17.6 Å². The van der Waals surface area contributed by atoms with Crippen LogP contribution < -0.4 is 4.74 Å². The summed E-state index contributed by atoms with van der Waals surface area (Å²) in [7, 11) is 1.31. The molecule has 0 fully saturated rings. The Morgan fingerprint density at radius 2 is 1.86 bits per heavy atom. The van der Waals surface area contributed by atoms with Crippen molar-refractivity contribution in [2.45, 2.75) is 12.7 Å². The molecule has 2 aromatic carbocycles. The number of aromatic nitrogens is 5. The summed E-state index contributed by atoms with van der Waals surface area (Å²) in [4.78, 5) is 8.92. The normalized spacial score (nSPS) is 11.8. The van der Waals surface area contributed by atoms with Gasteiger partial charge in [0, 0.05) is 17.3 Å². The third-order valence-electron chi connectivity index (χ3n) is 5.19. The highest BCUT2D eigenvalue weighted by Crippen LogP contribution is 2.41. The van der Waals surface area contributed by atoms with Crippen molar-refractivity contribution in [2.24, 2.45) is 0 Å². The lowest BCUT2D eigenvalue weighted by molar-refractivity contribution is -0.137. The molecule has 178 valence electrons. The molecule has 0 saturated carbocycles. The molecule has 0 amide bonds. The molecule has 0 atom stereocenters. The van der Waals surface area contributed by atoms with Gasteiger partial charge in [-0.3, -0.25) is 0 Å². The molecule has 3 aromatic rings. The van der Waals surface area contributed by atoms with Crippen LogP contribution >= 0.6 is 27.3 Å². The number of nitrogens with zero attached hydrogens (tertiary/aromatic N) is 5. The number of fused-ring (bicyclic) bond motifs is 1. The molecule has 0 radical (unpaired) electrons. The standard InChI is InChI=1S/C23H14BrF4N5OS/c1-34-12-6-7-13(15(8-12)23(26,27)28)22-32-31-18(35-22)10-33-9-17-21(29-11-33)19(24)20(30-17)14-4-2-3-5-16(14)25/h2-9,11H,10H2,1H3. The van der Waals surface area contributed by atoms with E-state index in [4.69, 9.17) is 4.74 Å². The van der Waals surface area contributed by atoms with E-state index in [9.17, 15) is 17.6 Å². The molecule has 12 heteroatoms. The van der Waals surface area contributed by atoms with Gasteiger partial charge < -0.3 is 9.30 Å². The summed E-state index contributed by atoms with van der Waals surface area (Å²) in [6.45, 7) is 0.220. The first-order chi connectivity index (χ1) is 16.7. The predicted octanol–water partition coefficient (Wildman–Crippen LogP) is 6.55. The molecular formula is C23H14BrF4N5OS. The highest BCUT2D eigenvalue weighted by Gasteiger charge is 2.35. The summed E-state index contributed by atoms with van der Waals surface area (Å²) in [6, 6.07) is 10.0. The minimum Gasteiger partial charge on any atom is -0.497 e. The van der Waals surface area contributed by atoms with Gasteiger partial charge in [0.25, 0.3) is 0 Å². The molecule has 2 aliphatic heterocycles. The molecule has 0 unspecified atom stereocenters. The molecular weight excluding hydrogens is 550 g/mol. The summed E-state index contributed by atoms with van der Waals surface area (Å²) in [5.41, 5.74) is 0.944. The lowest BCUT2D eigenvalue weighted by Crippen LogP contribution is -2.07. The maximum atomic E-state index is 14.3. The zero-order valence-electron chi connectivity index (χ0n) is 17.8. The fourth-order valence-corrected chi connectivity index (χ4v) is 5.05. The summed E-state index contributed by atoms with van der Waals surface area (Å²) in [5, 5.41) is 8.65. The number of hydrogen-bond donors (Lipinski definition) is 0. The number of benzene rings is 2. The monoisotopic (exact) mass is 563 g/mol. The molecule has 35 heavy (non-hydrogen) atoms. The van der Waals surface area contributed by atoms with Crippen LogP contribution in [-0.4, -0.2) is 31.8 Å². The molecule has 6 nitrogen and oxygen atoms in total. The van der Waals surface area contributed by atoms with Crippen molar-refractivity contribution < 1.29 is 22.3 Å². The minimum atomic E-state index is -4.58. The van der Waals surface area contributed by atoms with Gasteiger partial charge in [0.2, 0.25) is 0 Å². The van der Waals surface area contributed by atoms with Crippen LogP contribution in [0.1, 0.15) is 10.6 Å². The Labute approximate surface area is 208 Å². The van der Waals surface area contributed by atoms with Crippen molar-refractivity contribution in [2.75, 3.05) is 7.11 Å². The third-order valence-corrected chi connectivity index (χ3v) is 6.88. The molecule has 3 heterocycles. The molecule has 0 N–H and O–H groups in total. The van der Waals surface area contributed by atoms with Crippen LogP contribution in [0.4, 0.5) is 17.6 Å². The SMILES string of the molecule is COc1ccc(-c2nnc(Cn3cnc4c(Br)c(-c5ccccc5F)nc-4c3)s2)c(C(F)(F)F)c1. The summed E-state index contributed by atoms with van der Waals surface area (Å²) in [6.07, 6.45) is -1.31. The topological polar surface area (TPSA) is 65.7 Å². The van der Waals surface area contributed by atoms with Crippen LogP contribution in [0.2, 0.25) is 0 Å². The zero-order chi connectivity index (χ0) is 24.7. The lowest BCUT2D eigenvalue weighted by atomic mass is 10.1. The highest BCUT2D eigenvalue weighted by molar-refractivity contribution is 9.10. The average Bonchev–Trinajstić information content (AvgIpc) is 3.42. The molecule has 0 aliphatic carbocycles. The van der Waals surface area contributed by atoms with Gasteiger partial charge in [0.05, 0.1) is 35.7 Å². The van der Waals surface area contributed by atoms with E-state index >= 15 is 0 Å². The fraction of sp³-hybridized carbons (Fsp3) is 0.130. The van der Waals surface area contributed by atoms with E-state index in [1.54, 1.807) is 35.3 Å². The smallest absolute Gasteiger partial charge is 0.417 e. The Morgan fingerprint density at radius 1 is 1.06 bits per heavy atom. The van der Waals surface area contributed by atoms with Crippen molar-refractivity contribution in [3.8, 4) is 39.0 Å². The lowest BCUT2D eigenvalue weighted by Gasteiger charge is -2.12. The van der Waals surface area contributed by atoms with Crippen LogP contribution in [0.25, 0.3) is 33.2 Å². The van der Waals surface area contributed by atoms with Crippen LogP contribution in [0.3, 0.4) is 0 Å². The van der Waals surface area contributed by atoms with E-state index in [0.717, 1.165) is 17.4 Å². The fourth-order valence-electron chi connectivity index (χ4n) is 3.55. The third kappa shape index (κ3) is 4.50.